The van der Waals surface area contributed by atoms with Crippen LogP contribution in [0.15, 0.2) is 23.3 Å². The molecule has 1 rings (SSSR count). The smallest absolute Gasteiger partial charge is 0.293 e. The minimum absolute atomic E-state index is 0.0394. The summed E-state index contributed by atoms with van der Waals surface area (Å²) in [6, 6.07) is 4.94. The summed E-state index contributed by atoms with van der Waals surface area (Å²) < 4.78 is 0. The molecular formula is C14H21N5O2S. The molecule has 0 fully saturated rings. The highest BCUT2D eigenvalue weighted by Gasteiger charge is 2.15. The Morgan fingerprint density at radius 3 is 2.82 bits per heavy atom. The van der Waals surface area contributed by atoms with E-state index >= 15 is 0 Å². The number of benzene rings is 1. The maximum absolute atomic E-state index is 11.1. The minimum atomic E-state index is -0.406. The molecule has 0 saturated heterocycles. The molecule has 22 heavy (non-hydrogen) atoms. The van der Waals surface area contributed by atoms with Gasteiger partial charge in [0.05, 0.1) is 11.1 Å². The van der Waals surface area contributed by atoms with Gasteiger partial charge in [0.2, 0.25) is 0 Å². The van der Waals surface area contributed by atoms with Crippen molar-refractivity contribution in [2.75, 3.05) is 25.5 Å². The predicted molar refractivity (Wildman–Crippen MR) is 93.7 cm³/mol. The van der Waals surface area contributed by atoms with Gasteiger partial charge in [-0.15, -0.1) is 0 Å². The first-order valence-corrected chi connectivity index (χ1v) is 7.39. The Kier molecular flexibility index (Phi) is 7.24. The normalized spacial score (nSPS) is 10.5. The molecular weight excluding hydrogens is 302 g/mol. The van der Waals surface area contributed by atoms with Gasteiger partial charge in [0, 0.05) is 32.3 Å². The van der Waals surface area contributed by atoms with Crippen LogP contribution in [-0.2, 0) is 0 Å². The Labute approximate surface area is 135 Å². The molecule has 0 bridgehead atoms. The van der Waals surface area contributed by atoms with Crippen LogP contribution >= 0.6 is 12.2 Å². The van der Waals surface area contributed by atoms with Gasteiger partial charge in [-0.25, -0.2) is 0 Å². The topological polar surface area (TPSA) is 82.8 Å². The lowest BCUT2D eigenvalue weighted by atomic mass is 10.2. The number of unbranched alkanes of at least 4 members (excludes halogenated alkanes) is 1. The molecule has 1 aromatic rings. The van der Waals surface area contributed by atoms with E-state index in [2.05, 4.69) is 22.8 Å². The van der Waals surface area contributed by atoms with E-state index in [1.165, 1.54) is 12.3 Å². The van der Waals surface area contributed by atoms with E-state index in [1.54, 1.807) is 31.1 Å². The molecule has 0 aliphatic rings. The molecule has 0 heterocycles. The van der Waals surface area contributed by atoms with Gasteiger partial charge in [0.25, 0.3) is 5.69 Å². The van der Waals surface area contributed by atoms with E-state index < -0.39 is 4.92 Å². The van der Waals surface area contributed by atoms with Gasteiger partial charge < -0.3 is 10.2 Å². The first-order valence-electron chi connectivity index (χ1n) is 6.98. The highest BCUT2D eigenvalue weighted by atomic mass is 32.1. The van der Waals surface area contributed by atoms with Crippen LogP contribution in [0.25, 0.3) is 0 Å². The lowest BCUT2D eigenvalue weighted by molar-refractivity contribution is -0.384. The number of nitrogens with zero attached hydrogens (tertiary/aromatic N) is 3. The van der Waals surface area contributed by atoms with Crippen molar-refractivity contribution in [3.05, 3.63) is 33.9 Å². The first kappa shape index (κ1) is 17.8. The first-order chi connectivity index (χ1) is 10.5. The number of rotatable bonds is 7. The Bertz CT molecular complexity index is 560. The van der Waals surface area contributed by atoms with Crippen molar-refractivity contribution >= 4 is 34.9 Å². The van der Waals surface area contributed by atoms with Crippen LogP contribution < -0.4 is 15.6 Å². The van der Waals surface area contributed by atoms with E-state index in [0.717, 1.165) is 19.4 Å². The van der Waals surface area contributed by atoms with Gasteiger partial charge in [-0.05, 0) is 24.7 Å². The predicted octanol–water partition coefficient (Wildman–Crippen LogP) is 2.26. The second-order valence-electron chi connectivity index (χ2n) is 4.88. The number of nitrogens with one attached hydrogen (secondary N) is 2. The number of anilines is 1. The second kappa shape index (κ2) is 8.93. The Balaban J connectivity index is 2.70. The summed E-state index contributed by atoms with van der Waals surface area (Å²) in [5.74, 6) is 0. The highest BCUT2D eigenvalue weighted by Crippen LogP contribution is 2.26. The van der Waals surface area contributed by atoms with Gasteiger partial charge in [0.1, 0.15) is 5.69 Å². The van der Waals surface area contributed by atoms with Crippen molar-refractivity contribution in [2.45, 2.75) is 19.8 Å². The van der Waals surface area contributed by atoms with E-state index in [0.29, 0.717) is 16.4 Å². The fourth-order valence-electron chi connectivity index (χ4n) is 1.73. The molecule has 0 aliphatic heterocycles. The third-order valence-corrected chi connectivity index (χ3v) is 3.11. The average molecular weight is 323 g/mol. The third-order valence-electron chi connectivity index (χ3n) is 2.87. The number of thiocarbonyl (C=S) groups is 1. The molecule has 0 amide bonds. The third kappa shape index (κ3) is 5.65. The summed E-state index contributed by atoms with van der Waals surface area (Å²) >= 11 is 5.05. The zero-order valence-corrected chi connectivity index (χ0v) is 13.8. The molecule has 0 radical (unpaired) electrons. The molecule has 0 aliphatic carbocycles. The van der Waals surface area contributed by atoms with Crippen LogP contribution in [0.2, 0.25) is 0 Å². The molecule has 120 valence electrons. The van der Waals surface area contributed by atoms with Gasteiger partial charge >= 0.3 is 0 Å². The van der Waals surface area contributed by atoms with Crippen LogP contribution in [0.5, 0.6) is 0 Å². The fourth-order valence-corrected chi connectivity index (χ4v) is 1.88. The molecule has 0 spiro atoms. The van der Waals surface area contributed by atoms with Crippen molar-refractivity contribution in [1.29, 1.82) is 0 Å². The quantitative estimate of drug-likeness (QED) is 0.263. The molecule has 8 heteroatoms. The summed E-state index contributed by atoms with van der Waals surface area (Å²) in [6.07, 6.45) is 3.62. The van der Waals surface area contributed by atoms with Gasteiger partial charge in [-0.3, -0.25) is 15.5 Å². The average Bonchev–Trinajstić information content (AvgIpc) is 2.47. The zero-order chi connectivity index (χ0) is 16.5. The van der Waals surface area contributed by atoms with Crippen molar-refractivity contribution in [2.24, 2.45) is 5.10 Å². The van der Waals surface area contributed by atoms with Crippen molar-refractivity contribution in [3.8, 4) is 0 Å². The van der Waals surface area contributed by atoms with Gasteiger partial charge in [0.15, 0.2) is 5.11 Å². The number of hydrazone groups is 1. The molecule has 0 aromatic heterocycles. The van der Waals surface area contributed by atoms with E-state index in [9.17, 15) is 10.1 Å². The van der Waals surface area contributed by atoms with Gasteiger partial charge in [-0.1, -0.05) is 19.4 Å². The SMILES string of the molecule is CCCCNC(=S)N/N=C\c1ccc(N(C)C)c([N+](=O)[O-])c1. The second-order valence-corrected chi connectivity index (χ2v) is 5.29. The van der Waals surface area contributed by atoms with Crippen LogP contribution in [0, 0.1) is 10.1 Å². The Morgan fingerprint density at radius 1 is 1.50 bits per heavy atom. The Hall–Kier alpha value is -2.22. The lowest BCUT2D eigenvalue weighted by Gasteiger charge is -2.12. The fraction of sp³-hybridized carbons (Fsp3) is 0.429. The van der Waals surface area contributed by atoms with Crippen molar-refractivity contribution in [1.82, 2.24) is 10.7 Å². The maximum atomic E-state index is 11.1. The van der Waals surface area contributed by atoms with Crippen molar-refractivity contribution in [3.63, 3.8) is 0 Å². The minimum Gasteiger partial charge on any atom is -0.372 e. The van der Waals surface area contributed by atoms with Crippen LogP contribution in [0.1, 0.15) is 25.3 Å². The van der Waals surface area contributed by atoms with E-state index in [-0.39, 0.29) is 5.69 Å². The number of hydrogen-bond acceptors (Lipinski definition) is 5. The summed E-state index contributed by atoms with van der Waals surface area (Å²) in [6.45, 7) is 2.89. The van der Waals surface area contributed by atoms with Crippen LogP contribution in [0.4, 0.5) is 11.4 Å². The van der Waals surface area contributed by atoms with Gasteiger partial charge in [-0.2, -0.15) is 5.10 Å². The monoisotopic (exact) mass is 323 g/mol. The summed E-state index contributed by atoms with van der Waals surface area (Å²) in [4.78, 5) is 12.4. The van der Waals surface area contributed by atoms with Crippen LogP contribution in [-0.4, -0.2) is 36.9 Å². The number of hydrogen-bond donors (Lipinski definition) is 2. The largest absolute Gasteiger partial charge is 0.372 e. The zero-order valence-electron chi connectivity index (χ0n) is 13.0. The van der Waals surface area contributed by atoms with Crippen molar-refractivity contribution < 1.29 is 4.92 Å². The highest BCUT2D eigenvalue weighted by molar-refractivity contribution is 7.80. The van der Waals surface area contributed by atoms with E-state index in [1.807, 2.05) is 0 Å². The molecule has 7 nitrogen and oxygen atoms in total. The Morgan fingerprint density at radius 2 is 2.23 bits per heavy atom. The number of nitro benzene ring substituents is 1. The van der Waals surface area contributed by atoms with E-state index in [4.69, 9.17) is 12.2 Å². The molecule has 0 saturated carbocycles. The summed E-state index contributed by atoms with van der Waals surface area (Å²) in [7, 11) is 3.52. The summed E-state index contributed by atoms with van der Waals surface area (Å²) in [5.41, 5.74) is 3.90. The number of nitro groups is 1. The summed E-state index contributed by atoms with van der Waals surface area (Å²) in [5, 5.41) is 18.5. The standard InChI is InChI=1S/C14H21N5O2S/c1-4-5-8-15-14(22)17-16-10-11-6-7-12(18(2)3)13(9-11)19(20)21/h6-7,9-10H,4-5,8H2,1-3H3,(H2,15,17,22)/b16-10-. The maximum Gasteiger partial charge on any atom is 0.293 e. The molecule has 2 N–H and O–H groups in total. The van der Waals surface area contributed by atoms with Crippen LogP contribution in [0.3, 0.4) is 0 Å². The molecule has 1 aromatic carbocycles. The molecule has 0 atom stereocenters. The lowest BCUT2D eigenvalue weighted by Crippen LogP contribution is -2.32. The molecule has 0 unspecified atom stereocenters.